The predicted octanol–water partition coefficient (Wildman–Crippen LogP) is 3.02. The summed E-state index contributed by atoms with van der Waals surface area (Å²) in [5, 5.41) is 8.88. The molecule has 0 unspecified atom stereocenters. The number of nitrogens with zero attached hydrogens (tertiary/aromatic N) is 1. The number of halogens is 1. The van der Waals surface area contributed by atoms with E-state index in [1.807, 2.05) is 6.92 Å². The third-order valence-corrected chi connectivity index (χ3v) is 6.73. The largest absolute Gasteiger partial charge is 0.477 e. The number of unbranched alkanes of at least 4 members (excludes halogenated alkanes) is 2. The van der Waals surface area contributed by atoms with E-state index in [-0.39, 0.29) is 9.77 Å². The SMILES string of the molecule is CCCCCN(C)S(=O)(=O)c1cc(C(=O)O)sc1Br. The summed E-state index contributed by atoms with van der Waals surface area (Å²) in [6, 6.07) is 1.20. The van der Waals surface area contributed by atoms with Gasteiger partial charge in [0, 0.05) is 13.6 Å². The van der Waals surface area contributed by atoms with Gasteiger partial charge in [0.25, 0.3) is 0 Å². The zero-order chi connectivity index (χ0) is 14.6. The van der Waals surface area contributed by atoms with Crippen LogP contribution in [0, 0.1) is 0 Å². The average molecular weight is 370 g/mol. The van der Waals surface area contributed by atoms with E-state index in [1.165, 1.54) is 17.4 Å². The first-order valence-corrected chi connectivity index (χ1v) is 8.84. The van der Waals surface area contributed by atoms with Gasteiger partial charge in [0.15, 0.2) is 0 Å². The summed E-state index contributed by atoms with van der Waals surface area (Å²) in [7, 11) is -2.12. The van der Waals surface area contributed by atoms with Crippen molar-refractivity contribution in [2.24, 2.45) is 0 Å². The standard InChI is InChI=1S/C11H16BrNO4S2/c1-3-4-5-6-13(2)19(16,17)9-7-8(11(14)15)18-10(9)12/h7H,3-6H2,1-2H3,(H,14,15). The number of carboxylic acids is 1. The lowest BCUT2D eigenvalue weighted by atomic mass is 10.2. The molecule has 1 N–H and O–H groups in total. The molecule has 0 atom stereocenters. The molecule has 0 fully saturated rings. The molecule has 0 aromatic carbocycles. The van der Waals surface area contributed by atoms with Crippen molar-refractivity contribution in [2.75, 3.05) is 13.6 Å². The van der Waals surface area contributed by atoms with E-state index >= 15 is 0 Å². The van der Waals surface area contributed by atoms with Crippen LogP contribution in [0.2, 0.25) is 0 Å². The van der Waals surface area contributed by atoms with Crippen molar-refractivity contribution in [1.82, 2.24) is 4.31 Å². The molecule has 108 valence electrons. The summed E-state index contributed by atoms with van der Waals surface area (Å²) in [6.07, 6.45) is 2.77. The van der Waals surface area contributed by atoms with Crippen LogP contribution in [0.3, 0.4) is 0 Å². The molecule has 1 heterocycles. The van der Waals surface area contributed by atoms with E-state index in [0.29, 0.717) is 10.3 Å². The number of aromatic carboxylic acids is 1. The lowest BCUT2D eigenvalue weighted by Crippen LogP contribution is -2.27. The Balaban J connectivity index is 2.96. The Labute approximate surface area is 125 Å². The number of hydrogen-bond acceptors (Lipinski definition) is 4. The van der Waals surface area contributed by atoms with Gasteiger partial charge in [-0.15, -0.1) is 11.3 Å². The van der Waals surface area contributed by atoms with Crippen molar-refractivity contribution < 1.29 is 18.3 Å². The van der Waals surface area contributed by atoms with Gasteiger partial charge >= 0.3 is 5.97 Å². The summed E-state index contributed by atoms with van der Waals surface area (Å²) in [5.74, 6) is -1.12. The van der Waals surface area contributed by atoms with Crippen LogP contribution in [0.4, 0.5) is 0 Å². The van der Waals surface area contributed by atoms with Gasteiger partial charge < -0.3 is 5.11 Å². The summed E-state index contributed by atoms with van der Waals surface area (Å²) < 4.78 is 26.2. The van der Waals surface area contributed by atoms with Gasteiger partial charge in [-0.1, -0.05) is 19.8 Å². The fourth-order valence-corrected chi connectivity index (χ4v) is 5.06. The Hall–Kier alpha value is -0.440. The fourth-order valence-electron chi connectivity index (χ4n) is 1.51. The summed E-state index contributed by atoms with van der Waals surface area (Å²) in [4.78, 5) is 10.9. The molecule has 8 heteroatoms. The molecule has 19 heavy (non-hydrogen) atoms. The predicted molar refractivity (Wildman–Crippen MR) is 78.3 cm³/mol. The Morgan fingerprint density at radius 3 is 2.58 bits per heavy atom. The number of sulfonamides is 1. The topological polar surface area (TPSA) is 74.7 Å². The highest BCUT2D eigenvalue weighted by atomic mass is 79.9. The Morgan fingerprint density at radius 2 is 2.11 bits per heavy atom. The third kappa shape index (κ3) is 4.01. The zero-order valence-corrected chi connectivity index (χ0v) is 13.9. The molecule has 0 radical (unpaired) electrons. The normalized spacial score (nSPS) is 12.0. The van der Waals surface area contributed by atoms with Crippen LogP contribution in [0.25, 0.3) is 0 Å². The quantitative estimate of drug-likeness (QED) is 0.749. The first kappa shape index (κ1) is 16.6. The van der Waals surface area contributed by atoms with Gasteiger partial charge in [-0.25, -0.2) is 17.5 Å². The van der Waals surface area contributed by atoms with Crippen molar-refractivity contribution in [1.29, 1.82) is 0 Å². The van der Waals surface area contributed by atoms with Crippen LogP contribution >= 0.6 is 27.3 Å². The summed E-state index contributed by atoms with van der Waals surface area (Å²) in [5.41, 5.74) is 0. The van der Waals surface area contributed by atoms with Crippen molar-refractivity contribution in [2.45, 2.75) is 31.1 Å². The highest BCUT2D eigenvalue weighted by Gasteiger charge is 2.26. The molecule has 1 aromatic heterocycles. The van der Waals surface area contributed by atoms with Gasteiger partial charge in [-0.3, -0.25) is 0 Å². The number of carboxylic acid groups (broad SMARTS) is 1. The summed E-state index contributed by atoms with van der Waals surface area (Å²) in [6.45, 7) is 2.48. The molecule has 5 nitrogen and oxygen atoms in total. The summed E-state index contributed by atoms with van der Waals surface area (Å²) >= 11 is 4.03. The van der Waals surface area contributed by atoms with E-state index in [0.717, 1.165) is 30.6 Å². The number of thiophene rings is 1. The molecule has 0 amide bonds. The number of carbonyl (C=O) groups is 1. The number of rotatable bonds is 7. The maximum atomic E-state index is 12.3. The second kappa shape index (κ2) is 6.83. The van der Waals surface area contributed by atoms with Crippen LogP contribution in [-0.4, -0.2) is 37.4 Å². The average Bonchev–Trinajstić information content (AvgIpc) is 2.72. The third-order valence-electron chi connectivity index (χ3n) is 2.63. The Bertz CT molecular complexity index is 553. The monoisotopic (exact) mass is 369 g/mol. The fraction of sp³-hybridized carbons (Fsp3) is 0.545. The molecule has 0 saturated carbocycles. The van der Waals surface area contributed by atoms with Crippen molar-refractivity contribution >= 4 is 43.3 Å². The molecular weight excluding hydrogens is 354 g/mol. The first-order chi connectivity index (χ1) is 8.80. The van der Waals surface area contributed by atoms with E-state index in [2.05, 4.69) is 15.9 Å². The molecule has 0 spiro atoms. The highest BCUT2D eigenvalue weighted by Crippen LogP contribution is 2.33. The molecule has 0 saturated heterocycles. The smallest absolute Gasteiger partial charge is 0.345 e. The van der Waals surface area contributed by atoms with Gasteiger partial charge in [0.2, 0.25) is 10.0 Å². The molecule has 1 rings (SSSR count). The lowest BCUT2D eigenvalue weighted by Gasteiger charge is -2.16. The van der Waals surface area contributed by atoms with Crippen LogP contribution in [0.1, 0.15) is 35.9 Å². The number of hydrogen-bond donors (Lipinski definition) is 1. The minimum Gasteiger partial charge on any atom is -0.477 e. The maximum Gasteiger partial charge on any atom is 0.345 e. The van der Waals surface area contributed by atoms with Gasteiger partial charge in [-0.2, -0.15) is 0 Å². The molecular formula is C11H16BrNO4S2. The van der Waals surface area contributed by atoms with Gasteiger partial charge in [0.05, 0.1) is 3.79 Å². The molecule has 1 aromatic rings. The minimum atomic E-state index is -3.63. The van der Waals surface area contributed by atoms with Crippen LogP contribution in [0.15, 0.2) is 14.7 Å². The van der Waals surface area contributed by atoms with Crippen molar-refractivity contribution in [3.05, 3.63) is 14.7 Å². The van der Waals surface area contributed by atoms with Crippen molar-refractivity contribution in [3.63, 3.8) is 0 Å². The van der Waals surface area contributed by atoms with Crippen LogP contribution < -0.4 is 0 Å². The van der Waals surface area contributed by atoms with Gasteiger partial charge in [0.1, 0.15) is 9.77 Å². The molecule has 0 aliphatic carbocycles. The Kier molecular flexibility index (Phi) is 5.97. The first-order valence-electron chi connectivity index (χ1n) is 5.79. The van der Waals surface area contributed by atoms with Crippen molar-refractivity contribution in [3.8, 4) is 0 Å². The van der Waals surface area contributed by atoms with E-state index in [9.17, 15) is 13.2 Å². The second-order valence-corrected chi connectivity index (χ2v) is 8.47. The second-order valence-electron chi connectivity index (χ2n) is 4.09. The Morgan fingerprint density at radius 1 is 1.47 bits per heavy atom. The molecule has 0 bridgehead atoms. The minimum absolute atomic E-state index is 0.00686. The van der Waals surface area contributed by atoms with E-state index < -0.39 is 16.0 Å². The zero-order valence-electron chi connectivity index (χ0n) is 10.7. The van der Waals surface area contributed by atoms with E-state index in [4.69, 9.17) is 5.11 Å². The van der Waals surface area contributed by atoms with E-state index in [1.54, 1.807) is 0 Å². The van der Waals surface area contributed by atoms with Crippen LogP contribution in [0.5, 0.6) is 0 Å². The lowest BCUT2D eigenvalue weighted by molar-refractivity contribution is 0.0702. The molecule has 0 aliphatic heterocycles. The maximum absolute atomic E-state index is 12.3. The van der Waals surface area contributed by atoms with Crippen LogP contribution in [-0.2, 0) is 10.0 Å². The molecule has 0 aliphatic rings. The highest BCUT2D eigenvalue weighted by molar-refractivity contribution is 9.11. The van der Waals surface area contributed by atoms with Gasteiger partial charge in [-0.05, 0) is 28.4 Å².